The minimum atomic E-state index is -0.0988. The average molecular weight is 283 g/mol. The number of likely N-dealkylation sites (tertiary alicyclic amines) is 1. The molecule has 0 spiro atoms. The van der Waals surface area contributed by atoms with E-state index in [1.807, 2.05) is 55.5 Å². The minimum absolute atomic E-state index is 0.0147. The van der Waals surface area contributed by atoms with E-state index >= 15 is 0 Å². The largest absolute Gasteiger partial charge is 0.471 e. The van der Waals surface area contributed by atoms with E-state index in [2.05, 4.69) is 10.3 Å². The van der Waals surface area contributed by atoms with Gasteiger partial charge in [0.05, 0.1) is 13.1 Å². The van der Waals surface area contributed by atoms with Gasteiger partial charge in [0, 0.05) is 17.4 Å². The molecule has 1 aliphatic rings. The Labute approximate surface area is 123 Å². The third-order valence-corrected chi connectivity index (χ3v) is 3.31. The van der Waals surface area contributed by atoms with Crippen molar-refractivity contribution in [3.05, 3.63) is 54.2 Å². The number of carbonyl (C=O) groups is 1. The third kappa shape index (κ3) is 3.31. The first-order valence-electron chi connectivity index (χ1n) is 6.92. The molecule has 0 saturated carbocycles. The van der Waals surface area contributed by atoms with Crippen molar-refractivity contribution in [1.29, 1.82) is 0 Å². The van der Waals surface area contributed by atoms with Crippen molar-refractivity contribution >= 4 is 11.7 Å². The molecule has 1 saturated heterocycles. The van der Waals surface area contributed by atoms with Gasteiger partial charge in [-0.3, -0.25) is 0 Å². The molecular formula is C16H17N3O2. The summed E-state index contributed by atoms with van der Waals surface area (Å²) in [6.07, 6.45) is 0.0147. The van der Waals surface area contributed by atoms with Crippen molar-refractivity contribution in [2.75, 3.05) is 18.4 Å². The van der Waals surface area contributed by atoms with Gasteiger partial charge in [-0.15, -0.1) is 0 Å². The molecule has 3 rings (SSSR count). The second-order valence-corrected chi connectivity index (χ2v) is 5.06. The number of ether oxygens (including phenoxy) is 1. The molecule has 1 aliphatic heterocycles. The fraction of sp³-hybridized carbons (Fsp3) is 0.250. The van der Waals surface area contributed by atoms with Crippen LogP contribution in [0.4, 0.5) is 10.5 Å². The lowest BCUT2D eigenvalue weighted by Gasteiger charge is -2.38. The molecule has 0 radical (unpaired) electrons. The van der Waals surface area contributed by atoms with Crippen LogP contribution >= 0.6 is 0 Å². The zero-order valence-corrected chi connectivity index (χ0v) is 11.8. The smallest absolute Gasteiger partial charge is 0.322 e. The van der Waals surface area contributed by atoms with Crippen LogP contribution in [0.2, 0.25) is 0 Å². The number of anilines is 1. The zero-order chi connectivity index (χ0) is 14.7. The predicted octanol–water partition coefficient (Wildman–Crippen LogP) is 2.69. The standard InChI is InChI=1S/C16H17N3O2/c1-12-6-5-9-15(17-12)21-14-10-19(11-14)16(20)18-13-7-3-2-4-8-13/h2-9,14H,10-11H2,1H3,(H,18,20). The molecule has 1 aromatic heterocycles. The fourth-order valence-corrected chi connectivity index (χ4v) is 2.16. The van der Waals surface area contributed by atoms with Crippen LogP contribution in [0.1, 0.15) is 5.69 Å². The monoisotopic (exact) mass is 283 g/mol. The highest BCUT2D eigenvalue weighted by atomic mass is 16.5. The lowest BCUT2D eigenvalue weighted by Crippen LogP contribution is -2.57. The van der Waals surface area contributed by atoms with E-state index in [0.29, 0.717) is 19.0 Å². The number of carbonyl (C=O) groups excluding carboxylic acids is 1. The van der Waals surface area contributed by atoms with Crippen LogP contribution in [0.15, 0.2) is 48.5 Å². The number of pyridine rings is 1. The summed E-state index contributed by atoms with van der Waals surface area (Å²) in [4.78, 5) is 18.0. The lowest BCUT2D eigenvalue weighted by atomic mass is 10.2. The maximum absolute atomic E-state index is 12.0. The first kappa shape index (κ1) is 13.4. The van der Waals surface area contributed by atoms with Crippen LogP contribution in [0.25, 0.3) is 0 Å². The van der Waals surface area contributed by atoms with Crippen molar-refractivity contribution in [3.63, 3.8) is 0 Å². The molecule has 1 fully saturated rings. The molecule has 5 nitrogen and oxygen atoms in total. The number of urea groups is 1. The second kappa shape index (κ2) is 5.83. The molecule has 0 unspecified atom stereocenters. The number of para-hydroxylation sites is 1. The molecule has 5 heteroatoms. The van der Waals surface area contributed by atoms with Gasteiger partial charge < -0.3 is 15.0 Å². The number of aryl methyl sites for hydroxylation is 1. The molecule has 0 bridgehead atoms. The van der Waals surface area contributed by atoms with E-state index < -0.39 is 0 Å². The summed E-state index contributed by atoms with van der Waals surface area (Å²) in [5, 5.41) is 2.85. The van der Waals surface area contributed by atoms with Gasteiger partial charge in [-0.1, -0.05) is 24.3 Å². The van der Waals surface area contributed by atoms with E-state index in [4.69, 9.17) is 4.74 Å². The Balaban J connectivity index is 1.48. The maximum atomic E-state index is 12.0. The predicted molar refractivity (Wildman–Crippen MR) is 80.4 cm³/mol. The van der Waals surface area contributed by atoms with Gasteiger partial charge in [0.15, 0.2) is 0 Å². The molecule has 0 aliphatic carbocycles. The number of aromatic nitrogens is 1. The van der Waals surface area contributed by atoms with Gasteiger partial charge in [0.2, 0.25) is 5.88 Å². The highest BCUT2D eigenvalue weighted by Gasteiger charge is 2.32. The third-order valence-electron chi connectivity index (χ3n) is 3.31. The van der Waals surface area contributed by atoms with Crippen LogP contribution in [-0.4, -0.2) is 35.1 Å². The van der Waals surface area contributed by atoms with Crippen molar-refractivity contribution < 1.29 is 9.53 Å². The summed E-state index contributed by atoms with van der Waals surface area (Å²) in [5.41, 5.74) is 1.72. The molecule has 1 aromatic carbocycles. The van der Waals surface area contributed by atoms with E-state index in [-0.39, 0.29) is 12.1 Å². The quantitative estimate of drug-likeness (QED) is 0.942. The van der Waals surface area contributed by atoms with Crippen LogP contribution in [0.3, 0.4) is 0 Å². The van der Waals surface area contributed by atoms with Crippen LogP contribution < -0.4 is 10.1 Å². The number of hydrogen-bond donors (Lipinski definition) is 1. The fourth-order valence-electron chi connectivity index (χ4n) is 2.16. The number of nitrogens with zero attached hydrogens (tertiary/aromatic N) is 2. The van der Waals surface area contributed by atoms with E-state index in [1.165, 1.54) is 0 Å². The Hall–Kier alpha value is -2.56. The number of benzene rings is 1. The van der Waals surface area contributed by atoms with Crippen LogP contribution in [0, 0.1) is 6.92 Å². The average Bonchev–Trinajstić information content (AvgIpc) is 2.43. The van der Waals surface area contributed by atoms with Crippen molar-refractivity contribution in [2.45, 2.75) is 13.0 Å². The summed E-state index contributed by atoms with van der Waals surface area (Å²) in [7, 11) is 0. The summed E-state index contributed by atoms with van der Waals surface area (Å²) in [6, 6.07) is 15.0. The van der Waals surface area contributed by atoms with Gasteiger partial charge in [-0.2, -0.15) is 0 Å². The number of hydrogen-bond acceptors (Lipinski definition) is 3. The van der Waals surface area contributed by atoms with E-state index in [1.54, 1.807) is 4.90 Å². The summed E-state index contributed by atoms with van der Waals surface area (Å²) in [5.74, 6) is 0.614. The first-order chi connectivity index (χ1) is 10.2. The zero-order valence-electron chi connectivity index (χ0n) is 11.8. The van der Waals surface area contributed by atoms with Crippen LogP contribution in [0.5, 0.6) is 5.88 Å². The van der Waals surface area contributed by atoms with Crippen molar-refractivity contribution in [3.8, 4) is 5.88 Å². The lowest BCUT2D eigenvalue weighted by molar-refractivity contribution is 0.0460. The normalized spacial score (nSPS) is 14.4. The Morgan fingerprint density at radius 3 is 2.67 bits per heavy atom. The highest BCUT2D eigenvalue weighted by molar-refractivity contribution is 5.89. The topological polar surface area (TPSA) is 54.5 Å². The molecule has 1 N–H and O–H groups in total. The number of rotatable bonds is 3. The molecule has 2 aromatic rings. The molecule has 2 heterocycles. The summed E-state index contributed by atoms with van der Waals surface area (Å²) in [6.45, 7) is 3.08. The Bertz CT molecular complexity index is 624. The number of amides is 2. The SMILES string of the molecule is Cc1cccc(OC2CN(C(=O)Nc3ccccc3)C2)n1. The van der Waals surface area contributed by atoms with Crippen molar-refractivity contribution in [2.24, 2.45) is 0 Å². The van der Waals surface area contributed by atoms with Gasteiger partial charge in [0.25, 0.3) is 0 Å². The van der Waals surface area contributed by atoms with E-state index in [0.717, 1.165) is 11.4 Å². The Kier molecular flexibility index (Phi) is 3.73. The molecule has 0 atom stereocenters. The maximum Gasteiger partial charge on any atom is 0.322 e. The van der Waals surface area contributed by atoms with Gasteiger partial charge in [-0.25, -0.2) is 9.78 Å². The minimum Gasteiger partial charge on any atom is -0.471 e. The molecule has 21 heavy (non-hydrogen) atoms. The second-order valence-electron chi connectivity index (χ2n) is 5.06. The van der Waals surface area contributed by atoms with Crippen molar-refractivity contribution in [1.82, 2.24) is 9.88 Å². The summed E-state index contributed by atoms with van der Waals surface area (Å²) < 4.78 is 5.73. The molecule has 108 valence electrons. The van der Waals surface area contributed by atoms with Gasteiger partial charge in [0.1, 0.15) is 6.10 Å². The molecule has 2 amide bonds. The van der Waals surface area contributed by atoms with Gasteiger partial charge in [-0.05, 0) is 25.1 Å². The van der Waals surface area contributed by atoms with Gasteiger partial charge >= 0.3 is 6.03 Å². The van der Waals surface area contributed by atoms with E-state index in [9.17, 15) is 4.79 Å². The Morgan fingerprint density at radius 1 is 1.19 bits per heavy atom. The Morgan fingerprint density at radius 2 is 1.95 bits per heavy atom. The highest BCUT2D eigenvalue weighted by Crippen LogP contribution is 2.17. The number of nitrogens with one attached hydrogen (secondary N) is 1. The molecular weight excluding hydrogens is 266 g/mol. The first-order valence-corrected chi connectivity index (χ1v) is 6.92. The van der Waals surface area contributed by atoms with Crippen LogP contribution in [-0.2, 0) is 0 Å². The summed E-state index contributed by atoms with van der Waals surface area (Å²) >= 11 is 0.